The van der Waals surface area contributed by atoms with Crippen molar-refractivity contribution in [3.63, 3.8) is 0 Å². The standard InChI is InChI=1S/C18H16N2O8/c1-9(21)27-11-3-5-13(15(23)7-11)17(25)19-20-18(26)14-6-4-12(8-16(14)24)28-10(2)22/h3-8,23-24H,1-2H3,(H,19,25)(H,20,26). The molecule has 0 aromatic heterocycles. The normalized spacial score (nSPS) is 9.93. The molecule has 146 valence electrons. The number of phenolic OH excluding ortho intramolecular Hbond substituents is 2. The Labute approximate surface area is 158 Å². The summed E-state index contributed by atoms with van der Waals surface area (Å²) in [6.45, 7) is 2.36. The van der Waals surface area contributed by atoms with E-state index in [0.717, 1.165) is 12.1 Å². The molecule has 0 saturated carbocycles. The molecular weight excluding hydrogens is 372 g/mol. The Kier molecular flexibility index (Phi) is 6.17. The number of phenols is 2. The van der Waals surface area contributed by atoms with Crippen LogP contribution in [0.5, 0.6) is 23.0 Å². The summed E-state index contributed by atoms with van der Waals surface area (Å²) in [5, 5.41) is 19.7. The van der Waals surface area contributed by atoms with E-state index in [2.05, 4.69) is 10.9 Å². The van der Waals surface area contributed by atoms with E-state index in [0.29, 0.717) is 0 Å². The maximum absolute atomic E-state index is 12.1. The topological polar surface area (TPSA) is 151 Å². The van der Waals surface area contributed by atoms with Crippen molar-refractivity contribution >= 4 is 23.8 Å². The SMILES string of the molecule is CC(=O)Oc1ccc(C(=O)NNC(=O)c2ccc(OC(C)=O)cc2O)c(O)c1. The first-order valence-corrected chi connectivity index (χ1v) is 7.81. The molecule has 2 aromatic rings. The van der Waals surface area contributed by atoms with Crippen LogP contribution in [0.15, 0.2) is 36.4 Å². The lowest BCUT2D eigenvalue weighted by Gasteiger charge is -2.11. The fraction of sp³-hybridized carbons (Fsp3) is 0.111. The molecule has 2 rings (SSSR count). The first kappa shape index (κ1) is 20.2. The van der Waals surface area contributed by atoms with E-state index in [1.54, 1.807) is 0 Å². The second-order valence-electron chi connectivity index (χ2n) is 5.45. The van der Waals surface area contributed by atoms with Gasteiger partial charge in [0.25, 0.3) is 11.8 Å². The summed E-state index contributed by atoms with van der Waals surface area (Å²) in [6.07, 6.45) is 0. The van der Waals surface area contributed by atoms with Gasteiger partial charge in [-0.2, -0.15) is 0 Å². The fourth-order valence-corrected chi connectivity index (χ4v) is 2.11. The Morgan fingerprint density at radius 3 is 1.36 bits per heavy atom. The number of esters is 2. The van der Waals surface area contributed by atoms with Gasteiger partial charge in [0.1, 0.15) is 23.0 Å². The van der Waals surface area contributed by atoms with Crippen molar-refractivity contribution < 1.29 is 38.9 Å². The van der Waals surface area contributed by atoms with Crippen LogP contribution < -0.4 is 20.3 Å². The number of hydrazine groups is 1. The van der Waals surface area contributed by atoms with Crippen LogP contribution in [0.1, 0.15) is 34.6 Å². The van der Waals surface area contributed by atoms with Crippen molar-refractivity contribution in [2.45, 2.75) is 13.8 Å². The average molecular weight is 388 g/mol. The van der Waals surface area contributed by atoms with Gasteiger partial charge in [-0.05, 0) is 24.3 Å². The third-order valence-corrected chi connectivity index (χ3v) is 3.24. The molecule has 0 radical (unpaired) electrons. The van der Waals surface area contributed by atoms with E-state index >= 15 is 0 Å². The predicted octanol–water partition coefficient (Wildman–Crippen LogP) is 1.02. The summed E-state index contributed by atoms with van der Waals surface area (Å²) < 4.78 is 9.55. The van der Waals surface area contributed by atoms with Gasteiger partial charge in [0, 0.05) is 26.0 Å². The lowest BCUT2D eigenvalue weighted by molar-refractivity contribution is -0.132. The van der Waals surface area contributed by atoms with E-state index in [9.17, 15) is 29.4 Å². The largest absolute Gasteiger partial charge is 0.507 e. The fourth-order valence-electron chi connectivity index (χ4n) is 2.11. The average Bonchev–Trinajstić information content (AvgIpc) is 2.58. The lowest BCUT2D eigenvalue weighted by atomic mass is 10.1. The van der Waals surface area contributed by atoms with Crippen LogP contribution >= 0.6 is 0 Å². The van der Waals surface area contributed by atoms with E-state index in [-0.39, 0.29) is 22.6 Å². The summed E-state index contributed by atoms with van der Waals surface area (Å²) in [7, 11) is 0. The summed E-state index contributed by atoms with van der Waals surface area (Å²) >= 11 is 0. The third-order valence-electron chi connectivity index (χ3n) is 3.24. The molecule has 4 N–H and O–H groups in total. The number of benzene rings is 2. The van der Waals surface area contributed by atoms with Crippen LogP contribution in [-0.4, -0.2) is 34.0 Å². The van der Waals surface area contributed by atoms with E-state index < -0.39 is 35.3 Å². The number of amides is 2. The third kappa shape index (κ3) is 5.21. The van der Waals surface area contributed by atoms with E-state index in [1.165, 1.54) is 38.1 Å². The molecule has 0 saturated heterocycles. The van der Waals surface area contributed by atoms with Gasteiger partial charge in [0.2, 0.25) is 0 Å². The Morgan fingerprint density at radius 2 is 1.07 bits per heavy atom. The molecule has 0 unspecified atom stereocenters. The Bertz CT molecular complexity index is 877. The van der Waals surface area contributed by atoms with Crippen LogP contribution in [0.3, 0.4) is 0 Å². The Morgan fingerprint density at radius 1 is 0.714 bits per heavy atom. The number of carbonyl (C=O) groups excluding carboxylic acids is 4. The number of rotatable bonds is 4. The van der Waals surface area contributed by atoms with Gasteiger partial charge < -0.3 is 19.7 Å². The zero-order valence-electron chi connectivity index (χ0n) is 14.8. The van der Waals surface area contributed by atoms with Gasteiger partial charge in [-0.15, -0.1) is 0 Å². The van der Waals surface area contributed by atoms with Gasteiger partial charge in [0.05, 0.1) is 11.1 Å². The number of aromatic hydroxyl groups is 2. The molecule has 0 atom stereocenters. The molecular formula is C18H16N2O8. The molecule has 0 aliphatic carbocycles. The van der Waals surface area contributed by atoms with E-state index in [4.69, 9.17) is 9.47 Å². The van der Waals surface area contributed by atoms with Crippen molar-refractivity contribution in [3.8, 4) is 23.0 Å². The van der Waals surface area contributed by atoms with Gasteiger partial charge in [-0.1, -0.05) is 0 Å². The first-order chi connectivity index (χ1) is 13.2. The highest BCUT2D eigenvalue weighted by molar-refractivity contribution is 6.01. The van der Waals surface area contributed by atoms with Crippen LogP contribution in [0.4, 0.5) is 0 Å². The van der Waals surface area contributed by atoms with Crippen LogP contribution in [0.25, 0.3) is 0 Å². The highest BCUT2D eigenvalue weighted by atomic mass is 16.5. The minimum atomic E-state index is -0.851. The Hall–Kier alpha value is -4.08. The molecule has 28 heavy (non-hydrogen) atoms. The summed E-state index contributed by atoms with van der Waals surface area (Å²) in [5.74, 6) is -3.75. The van der Waals surface area contributed by atoms with Crippen molar-refractivity contribution in [1.29, 1.82) is 0 Å². The molecule has 0 fully saturated rings. The summed E-state index contributed by atoms with van der Waals surface area (Å²) in [4.78, 5) is 45.9. The number of ether oxygens (including phenoxy) is 2. The smallest absolute Gasteiger partial charge is 0.308 e. The zero-order chi connectivity index (χ0) is 20.8. The maximum Gasteiger partial charge on any atom is 0.308 e. The van der Waals surface area contributed by atoms with Gasteiger partial charge in [0.15, 0.2) is 0 Å². The van der Waals surface area contributed by atoms with Gasteiger partial charge in [-0.25, -0.2) is 0 Å². The number of hydrogen-bond donors (Lipinski definition) is 4. The molecule has 0 bridgehead atoms. The zero-order valence-corrected chi connectivity index (χ0v) is 14.8. The molecule has 10 heteroatoms. The maximum atomic E-state index is 12.1. The van der Waals surface area contributed by atoms with Crippen LogP contribution in [0.2, 0.25) is 0 Å². The number of nitrogens with one attached hydrogen (secondary N) is 2. The van der Waals surface area contributed by atoms with Gasteiger partial charge in [-0.3, -0.25) is 30.0 Å². The van der Waals surface area contributed by atoms with Crippen LogP contribution in [0, 0.1) is 0 Å². The van der Waals surface area contributed by atoms with E-state index in [1.807, 2.05) is 0 Å². The number of carbonyl (C=O) groups is 4. The lowest BCUT2D eigenvalue weighted by Crippen LogP contribution is -2.41. The molecule has 0 aliphatic rings. The van der Waals surface area contributed by atoms with Crippen molar-refractivity contribution in [1.82, 2.24) is 10.9 Å². The van der Waals surface area contributed by atoms with Gasteiger partial charge >= 0.3 is 11.9 Å². The monoisotopic (exact) mass is 388 g/mol. The summed E-state index contributed by atoms with van der Waals surface area (Å²) in [5.41, 5.74) is 3.76. The second kappa shape index (κ2) is 8.54. The highest BCUT2D eigenvalue weighted by Gasteiger charge is 2.16. The first-order valence-electron chi connectivity index (χ1n) is 7.81. The predicted molar refractivity (Wildman–Crippen MR) is 93.8 cm³/mol. The molecule has 0 aliphatic heterocycles. The van der Waals surface area contributed by atoms with Crippen molar-refractivity contribution in [2.24, 2.45) is 0 Å². The summed E-state index contributed by atoms with van der Waals surface area (Å²) in [6, 6.07) is 7.10. The Balaban J connectivity index is 2.03. The van der Waals surface area contributed by atoms with Crippen molar-refractivity contribution in [2.75, 3.05) is 0 Å². The van der Waals surface area contributed by atoms with Crippen molar-refractivity contribution in [3.05, 3.63) is 47.5 Å². The second-order valence-corrected chi connectivity index (χ2v) is 5.45. The quantitative estimate of drug-likeness (QED) is 0.344. The minimum absolute atomic E-state index is 0.0448. The minimum Gasteiger partial charge on any atom is -0.507 e. The molecule has 2 amide bonds. The molecule has 0 heterocycles. The number of hydrogen-bond acceptors (Lipinski definition) is 8. The van der Waals surface area contributed by atoms with Crippen LogP contribution in [-0.2, 0) is 9.59 Å². The molecule has 0 spiro atoms. The highest BCUT2D eigenvalue weighted by Crippen LogP contribution is 2.25. The molecule has 10 nitrogen and oxygen atoms in total. The molecule has 2 aromatic carbocycles.